The molecule has 0 spiro atoms. The number of nitrogens with one attached hydrogen (secondary N) is 1. The lowest BCUT2D eigenvalue weighted by molar-refractivity contribution is -0.132. The molecule has 1 aromatic heterocycles. The van der Waals surface area contributed by atoms with Crippen LogP contribution in [0.25, 0.3) is 0 Å². The number of piperidine rings is 1. The molecule has 4 rings (SSSR count). The van der Waals surface area contributed by atoms with E-state index in [1.54, 1.807) is 22.4 Å². The average molecular weight is 447 g/mol. The Hall–Kier alpha value is -2.03. The number of carbonyl (C=O) groups excluding carboxylic acids is 2. The Morgan fingerprint density at radius 3 is 2.57 bits per heavy atom. The van der Waals surface area contributed by atoms with Gasteiger partial charge in [-0.15, -0.1) is 11.3 Å². The van der Waals surface area contributed by atoms with Gasteiger partial charge in [-0.25, -0.2) is 13.1 Å². The molecule has 2 aliphatic rings. The van der Waals surface area contributed by atoms with Gasteiger partial charge < -0.3 is 4.90 Å². The molecular formula is C22H26N2O4S2. The first-order valence-electron chi connectivity index (χ1n) is 10.4. The number of Topliss-reactive ketones (excluding diaryl/α,β-unsaturated/α-hetero) is 1. The molecule has 0 atom stereocenters. The Balaban J connectivity index is 1.24. The predicted molar refractivity (Wildman–Crippen MR) is 116 cm³/mol. The maximum Gasteiger partial charge on any atom is 0.250 e. The summed E-state index contributed by atoms with van der Waals surface area (Å²) in [5, 5.41) is 1.74. The van der Waals surface area contributed by atoms with Gasteiger partial charge in [-0.05, 0) is 60.7 Å². The van der Waals surface area contributed by atoms with E-state index in [-0.39, 0.29) is 30.6 Å². The second kappa shape index (κ2) is 8.99. The molecule has 1 saturated heterocycles. The molecule has 2 aromatic rings. The summed E-state index contributed by atoms with van der Waals surface area (Å²) in [6.07, 6.45) is 4.82. The summed E-state index contributed by atoms with van der Waals surface area (Å²) in [5.74, 6) is -0.0271. The van der Waals surface area contributed by atoms with E-state index in [2.05, 4.69) is 4.72 Å². The summed E-state index contributed by atoms with van der Waals surface area (Å²) < 4.78 is 27.7. The van der Waals surface area contributed by atoms with Crippen molar-refractivity contribution in [3.63, 3.8) is 0 Å². The van der Waals surface area contributed by atoms with E-state index in [1.165, 1.54) is 22.5 Å². The number of benzene rings is 1. The number of hydrogen-bond donors (Lipinski definition) is 1. The lowest BCUT2D eigenvalue weighted by Gasteiger charge is -2.32. The first kappa shape index (κ1) is 21.2. The molecule has 160 valence electrons. The molecule has 1 aliphatic carbocycles. The quantitative estimate of drug-likeness (QED) is 0.662. The van der Waals surface area contributed by atoms with Crippen molar-refractivity contribution in [1.82, 2.24) is 9.62 Å². The van der Waals surface area contributed by atoms with Gasteiger partial charge in [-0.3, -0.25) is 9.59 Å². The van der Waals surface area contributed by atoms with E-state index >= 15 is 0 Å². The first-order valence-corrected chi connectivity index (χ1v) is 12.8. The number of aryl methyl sites for hydroxylation is 2. The third kappa shape index (κ3) is 4.82. The van der Waals surface area contributed by atoms with Gasteiger partial charge >= 0.3 is 0 Å². The minimum absolute atomic E-state index is 0.0108. The Kier molecular flexibility index (Phi) is 6.36. The van der Waals surface area contributed by atoms with Gasteiger partial charge in [-0.2, -0.15) is 0 Å². The van der Waals surface area contributed by atoms with Crippen LogP contribution in [-0.2, 0) is 27.7 Å². The Morgan fingerprint density at radius 1 is 1.07 bits per heavy atom. The maximum atomic E-state index is 12.5. The largest absolute Gasteiger partial charge is 0.343 e. The van der Waals surface area contributed by atoms with Crippen LogP contribution in [0.5, 0.6) is 0 Å². The summed E-state index contributed by atoms with van der Waals surface area (Å²) >= 11 is 1.19. The number of fused-ring (bicyclic) bond motifs is 1. The SMILES string of the molecule is O=C(CCC(=O)N1CCC(NS(=O)(=O)c2cccs2)CC1)c1ccc2c(c1)CCC2. The van der Waals surface area contributed by atoms with E-state index in [9.17, 15) is 18.0 Å². The molecule has 1 amide bonds. The number of carbonyl (C=O) groups is 2. The van der Waals surface area contributed by atoms with E-state index in [4.69, 9.17) is 0 Å². The van der Waals surface area contributed by atoms with E-state index in [0.717, 1.165) is 19.3 Å². The van der Waals surface area contributed by atoms with Crippen molar-refractivity contribution < 1.29 is 18.0 Å². The summed E-state index contributed by atoms with van der Waals surface area (Å²) in [4.78, 5) is 26.8. The standard InChI is InChI=1S/C22H26N2O4S2/c25-20(18-7-6-16-3-1-4-17(16)15-18)8-9-21(26)24-12-10-19(11-13-24)23-30(27,28)22-5-2-14-29-22/h2,5-7,14-15,19,23H,1,3-4,8-13H2. The molecule has 1 aliphatic heterocycles. The maximum absolute atomic E-state index is 12.5. The highest BCUT2D eigenvalue weighted by atomic mass is 32.2. The molecule has 0 radical (unpaired) electrons. The molecule has 6 nitrogen and oxygen atoms in total. The van der Waals surface area contributed by atoms with Crippen LogP contribution in [0.1, 0.15) is 53.6 Å². The van der Waals surface area contributed by atoms with Crippen LogP contribution in [-0.4, -0.2) is 44.1 Å². The monoisotopic (exact) mass is 446 g/mol. The fourth-order valence-corrected chi connectivity index (χ4v) is 6.52. The minimum atomic E-state index is -3.49. The molecule has 1 fully saturated rings. The zero-order valence-electron chi connectivity index (χ0n) is 16.8. The van der Waals surface area contributed by atoms with Crippen molar-refractivity contribution in [3.8, 4) is 0 Å². The second-order valence-corrected chi connectivity index (χ2v) is 10.9. The lowest BCUT2D eigenvalue weighted by atomic mass is 10.0. The molecule has 0 bridgehead atoms. The number of rotatable bonds is 7. The van der Waals surface area contributed by atoms with Crippen LogP contribution in [0.4, 0.5) is 0 Å². The molecule has 0 saturated carbocycles. The van der Waals surface area contributed by atoms with Crippen molar-refractivity contribution in [2.45, 2.75) is 55.2 Å². The molecule has 8 heteroatoms. The number of hydrogen-bond acceptors (Lipinski definition) is 5. The van der Waals surface area contributed by atoms with Crippen molar-refractivity contribution >= 4 is 33.1 Å². The first-order chi connectivity index (χ1) is 14.4. The van der Waals surface area contributed by atoms with Crippen LogP contribution in [0.15, 0.2) is 39.9 Å². The van der Waals surface area contributed by atoms with Crippen LogP contribution >= 0.6 is 11.3 Å². The third-order valence-corrected chi connectivity index (χ3v) is 8.83. The molecule has 1 aromatic carbocycles. The summed E-state index contributed by atoms with van der Waals surface area (Å²) in [6.45, 7) is 1.01. The number of nitrogens with zero attached hydrogens (tertiary/aromatic N) is 1. The fourth-order valence-electron chi connectivity index (χ4n) is 4.21. The minimum Gasteiger partial charge on any atom is -0.343 e. The van der Waals surface area contributed by atoms with Crippen molar-refractivity contribution in [2.24, 2.45) is 0 Å². The highest BCUT2D eigenvalue weighted by Crippen LogP contribution is 2.24. The van der Waals surface area contributed by atoms with Crippen molar-refractivity contribution in [2.75, 3.05) is 13.1 Å². The zero-order chi connectivity index (χ0) is 21.1. The molecule has 1 N–H and O–H groups in total. The average Bonchev–Trinajstić information content (AvgIpc) is 3.43. The summed E-state index contributed by atoms with van der Waals surface area (Å²) in [7, 11) is -3.49. The van der Waals surface area contributed by atoms with Crippen LogP contribution < -0.4 is 4.72 Å². The third-order valence-electron chi connectivity index (χ3n) is 5.92. The highest BCUT2D eigenvalue weighted by molar-refractivity contribution is 7.91. The Labute approximate surface area is 181 Å². The number of sulfonamides is 1. The van der Waals surface area contributed by atoms with Crippen LogP contribution in [0.3, 0.4) is 0 Å². The van der Waals surface area contributed by atoms with Gasteiger partial charge in [0, 0.05) is 37.5 Å². The Bertz CT molecular complexity index is 1020. The lowest BCUT2D eigenvalue weighted by Crippen LogP contribution is -2.46. The number of amides is 1. The van der Waals surface area contributed by atoms with Gasteiger partial charge in [0.1, 0.15) is 4.21 Å². The normalized spacial score (nSPS) is 17.1. The summed E-state index contributed by atoms with van der Waals surface area (Å²) in [5.41, 5.74) is 3.30. The fraction of sp³-hybridized carbons (Fsp3) is 0.455. The second-order valence-electron chi connectivity index (χ2n) is 7.97. The highest BCUT2D eigenvalue weighted by Gasteiger charge is 2.27. The van der Waals surface area contributed by atoms with E-state index < -0.39 is 10.0 Å². The molecule has 30 heavy (non-hydrogen) atoms. The van der Waals surface area contributed by atoms with Gasteiger partial charge in [0.25, 0.3) is 0 Å². The summed E-state index contributed by atoms with van der Waals surface area (Å²) in [6, 6.07) is 9.03. The van der Waals surface area contributed by atoms with Gasteiger partial charge in [-0.1, -0.05) is 18.2 Å². The van der Waals surface area contributed by atoms with Gasteiger partial charge in [0.05, 0.1) is 0 Å². The van der Waals surface area contributed by atoms with E-state index in [0.29, 0.717) is 35.7 Å². The Morgan fingerprint density at radius 2 is 1.83 bits per heavy atom. The number of likely N-dealkylation sites (tertiary alicyclic amines) is 1. The predicted octanol–water partition coefficient (Wildman–Crippen LogP) is 3.17. The smallest absolute Gasteiger partial charge is 0.250 e. The number of thiophene rings is 1. The van der Waals surface area contributed by atoms with Gasteiger partial charge in [0.2, 0.25) is 15.9 Å². The van der Waals surface area contributed by atoms with Crippen molar-refractivity contribution in [1.29, 1.82) is 0 Å². The topological polar surface area (TPSA) is 83.6 Å². The number of ketones is 1. The molecule has 0 unspecified atom stereocenters. The van der Waals surface area contributed by atoms with Gasteiger partial charge in [0.15, 0.2) is 5.78 Å². The van der Waals surface area contributed by atoms with Crippen LogP contribution in [0.2, 0.25) is 0 Å². The van der Waals surface area contributed by atoms with Crippen molar-refractivity contribution in [3.05, 3.63) is 52.4 Å². The van der Waals surface area contributed by atoms with E-state index in [1.807, 2.05) is 18.2 Å². The molecule has 2 heterocycles. The molecular weight excluding hydrogens is 420 g/mol. The zero-order valence-corrected chi connectivity index (χ0v) is 18.4. The van der Waals surface area contributed by atoms with Crippen LogP contribution in [0, 0.1) is 0 Å².